The third kappa shape index (κ3) is 3.37. The van der Waals surface area contributed by atoms with E-state index in [2.05, 4.69) is 28.3 Å². The summed E-state index contributed by atoms with van der Waals surface area (Å²) in [5.74, 6) is 0.912. The molecule has 4 heterocycles. The number of nitrogens with zero attached hydrogens (tertiary/aromatic N) is 4. The number of imidazole rings is 1. The largest absolute Gasteiger partial charge is 0.382 e. The van der Waals surface area contributed by atoms with Crippen molar-refractivity contribution >= 4 is 39.9 Å². The van der Waals surface area contributed by atoms with Gasteiger partial charge in [0.1, 0.15) is 11.3 Å². The van der Waals surface area contributed by atoms with Crippen LogP contribution in [-0.4, -0.2) is 37.6 Å². The Bertz CT molecular complexity index is 1460. The van der Waals surface area contributed by atoms with Gasteiger partial charge in [-0.15, -0.1) is 0 Å². The Morgan fingerprint density at radius 1 is 1.12 bits per heavy atom. The standard InChI is InChI=1S/C26H26N6O2/c1-15-2-8-21(17-3-6-19-16(10-17)5-9-24(33)29-19)31(13-15)26(34)18-4-7-20-22(11-18)32-14-28-12-23(32)25(27)30-20/h3-4,6-7,10-12,14-15,21H,2,5,8-9,13H2,1H3,(H2,27,30)(H,29,33)/t15-,21+/m1/s1. The van der Waals surface area contributed by atoms with Crippen molar-refractivity contribution in [1.29, 1.82) is 0 Å². The van der Waals surface area contributed by atoms with E-state index < -0.39 is 0 Å². The first-order chi connectivity index (χ1) is 16.5. The summed E-state index contributed by atoms with van der Waals surface area (Å²) in [6.07, 6.45) is 6.58. The molecule has 4 aromatic rings. The highest BCUT2D eigenvalue weighted by atomic mass is 16.2. The highest BCUT2D eigenvalue weighted by molar-refractivity contribution is 5.98. The molecular weight excluding hydrogens is 428 g/mol. The Kier molecular flexibility index (Phi) is 4.76. The lowest BCUT2D eigenvalue weighted by Gasteiger charge is -2.39. The maximum atomic E-state index is 13.8. The molecule has 2 amide bonds. The van der Waals surface area contributed by atoms with E-state index in [0.717, 1.165) is 52.6 Å². The van der Waals surface area contributed by atoms with Crippen molar-refractivity contribution in [2.24, 2.45) is 5.92 Å². The quantitative estimate of drug-likeness (QED) is 0.477. The number of carbonyl (C=O) groups excluding carboxylic acids is 2. The second-order valence-electron chi connectivity index (χ2n) is 9.47. The number of nitrogens with two attached hydrogens (primary N) is 1. The molecule has 2 aliphatic heterocycles. The number of hydrogen-bond acceptors (Lipinski definition) is 5. The number of benzene rings is 2. The zero-order valence-electron chi connectivity index (χ0n) is 19.0. The normalized spacial score (nSPS) is 20.4. The van der Waals surface area contributed by atoms with Crippen molar-refractivity contribution in [2.75, 3.05) is 17.6 Å². The van der Waals surface area contributed by atoms with Crippen LogP contribution >= 0.6 is 0 Å². The number of likely N-dealkylation sites (tertiary alicyclic amines) is 1. The molecule has 0 bridgehead atoms. The van der Waals surface area contributed by atoms with E-state index in [9.17, 15) is 9.59 Å². The average molecular weight is 455 g/mol. The highest BCUT2D eigenvalue weighted by Gasteiger charge is 2.32. The molecule has 6 rings (SSSR count). The number of piperidine rings is 1. The fourth-order valence-corrected chi connectivity index (χ4v) is 5.31. The third-order valence-corrected chi connectivity index (χ3v) is 7.11. The van der Waals surface area contributed by atoms with Crippen molar-refractivity contribution in [1.82, 2.24) is 19.3 Å². The maximum Gasteiger partial charge on any atom is 0.254 e. The molecular formula is C26H26N6O2. The second-order valence-corrected chi connectivity index (χ2v) is 9.47. The van der Waals surface area contributed by atoms with Crippen molar-refractivity contribution < 1.29 is 9.59 Å². The molecule has 0 aliphatic carbocycles. The average Bonchev–Trinajstić information content (AvgIpc) is 3.34. The zero-order chi connectivity index (χ0) is 23.4. The molecule has 0 spiro atoms. The highest BCUT2D eigenvalue weighted by Crippen LogP contribution is 2.37. The summed E-state index contributed by atoms with van der Waals surface area (Å²) in [7, 11) is 0. The Hall–Kier alpha value is -3.94. The molecule has 8 nitrogen and oxygen atoms in total. The summed E-state index contributed by atoms with van der Waals surface area (Å²) < 4.78 is 1.88. The summed E-state index contributed by atoms with van der Waals surface area (Å²) in [6, 6.07) is 11.8. The van der Waals surface area contributed by atoms with Gasteiger partial charge >= 0.3 is 0 Å². The fraction of sp³-hybridized carbons (Fsp3) is 0.308. The number of nitrogen functional groups attached to an aromatic ring is 1. The Labute approximate surface area is 196 Å². The third-order valence-electron chi connectivity index (χ3n) is 7.11. The Balaban J connectivity index is 1.38. The van der Waals surface area contributed by atoms with Gasteiger partial charge in [-0.1, -0.05) is 19.1 Å². The van der Waals surface area contributed by atoms with Crippen LogP contribution in [0.5, 0.6) is 0 Å². The van der Waals surface area contributed by atoms with Gasteiger partial charge in [0.05, 0.1) is 29.6 Å². The number of nitrogens with one attached hydrogen (secondary N) is 1. The molecule has 34 heavy (non-hydrogen) atoms. The number of aryl methyl sites for hydroxylation is 1. The molecule has 8 heteroatoms. The first-order valence-corrected chi connectivity index (χ1v) is 11.7. The van der Waals surface area contributed by atoms with E-state index in [4.69, 9.17) is 5.73 Å². The molecule has 2 atom stereocenters. The van der Waals surface area contributed by atoms with E-state index >= 15 is 0 Å². The topological polar surface area (TPSA) is 106 Å². The molecule has 0 saturated carbocycles. The number of aromatic nitrogens is 3. The minimum absolute atomic E-state index is 0.000122. The smallest absolute Gasteiger partial charge is 0.254 e. The van der Waals surface area contributed by atoms with Crippen LogP contribution in [0.2, 0.25) is 0 Å². The van der Waals surface area contributed by atoms with E-state index in [1.165, 1.54) is 0 Å². The van der Waals surface area contributed by atoms with Gasteiger partial charge < -0.3 is 16.0 Å². The van der Waals surface area contributed by atoms with Crippen LogP contribution < -0.4 is 11.1 Å². The first-order valence-electron chi connectivity index (χ1n) is 11.7. The summed E-state index contributed by atoms with van der Waals surface area (Å²) in [6.45, 7) is 2.90. The Morgan fingerprint density at radius 2 is 2.00 bits per heavy atom. The molecule has 0 unspecified atom stereocenters. The first kappa shape index (κ1) is 20.7. The summed E-state index contributed by atoms with van der Waals surface area (Å²) in [5.41, 5.74) is 12.1. The maximum absolute atomic E-state index is 13.8. The van der Waals surface area contributed by atoms with Crippen molar-refractivity contribution in [3.63, 3.8) is 0 Å². The van der Waals surface area contributed by atoms with Gasteiger partial charge in [0.25, 0.3) is 5.91 Å². The summed E-state index contributed by atoms with van der Waals surface area (Å²) in [5, 5.41) is 2.95. The minimum Gasteiger partial charge on any atom is -0.382 e. The summed E-state index contributed by atoms with van der Waals surface area (Å²) in [4.78, 5) is 36.3. The van der Waals surface area contributed by atoms with Gasteiger partial charge in [-0.05, 0) is 60.6 Å². The minimum atomic E-state index is 0.000122. The molecule has 3 N–H and O–H groups in total. The van der Waals surface area contributed by atoms with Gasteiger partial charge in [0, 0.05) is 24.2 Å². The molecule has 1 saturated heterocycles. The number of hydrogen-bond donors (Lipinski definition) is 2. The molecule has 172 valence electrons. The molecule has 0 radical (unpaired) electrons. The lowest BCUT2D eigenvalue weighted by Crippen LogP contribution is -2.41. The number of amides is 2. The van der Waals surface area contributed by atoms with Crippen LogP contribution in [0.1, 0.15) is 53.7 Å². The van der Waals surface area contributed by atoms with Crippen LogP contribution in [0.4, 0.5) is 11.5 Å². The molecule has 2 aromatic heterocycles. The number of rotatable bonds is 2. The van der Waals surface area contributed by atoms with Crippen LogP contribution in [0.25, 0.3) is 16.6 Å². The second kappa shape index (κ2) is 7.83. The predicted molar refractivity (Wildman–Crippen MR) is 130 cm³/mol. The summed E-state index contributed by atoms with van der Waals surface area (Å²) >= 11 is 0. The monoisotopic (exact) mass is 454 g/mol. The lowest BCUT2D eigenvalue weighted by atomic mass is 9.87. The van der Waals surface area contributed by atoms with Crippen LogP contribution in [-0.2, 0) is 11.2 Å². The fourth-order valence-electron chi connectivity index (χ4n) is 5.31. The number of fused-ring (bicyclic) bond motifs is 4. The lowest BCUT2D eigenvalue weighted by molar-refractivity contribution is -0.116. The van der Waals surface area contributed by atoms with Crippen molar-refractivity contribution in [3.05, 3.63) is 65.6 Å². The van der Waals surface area contributed by atoms with E-state index in [-0.39, 0.29) is 17.9 Å². The van der Waals surface area contributed by atoms with Gasteiger partial charge in [0.15, 0.2) is 0 Å². The Morgan fingerprint density at radius 3 is 2.88 bits per heavy atom. The van der Waals surface area contributed by atoms with E-state index in [0.29, 0.717) is 30.3 Å². The number of carbonyl (C=O) groups is 2. The molecule has 1 fully saturated rings. The molecule has 2 aromatic carbocycles. The van der Waals surface area contributed by atoms with Gasteiger partial charge in [-0.3, -0.25) is 14.0 Å². The van der Waals surface area contributed by atoms with Crippen LogP contribution in [0, 0.1) is 5.92 Å². The predicted octanol–water partition coefficient (Wildman–Crippen LogP) is 3.96. The van der Waals surface area contributed by atoms with E-state index in [1.54, 1.807) is 12.5 Å². The van der Waals surface area contributed by atoms with Crippen LogP contribution in [0.15, 0.2) is 48.9 Å². The van der Waals surface area contributed by atoms with Crippen molar-refractivity contribution in [3.8, 4) is 0 Å². The van der Waals surface area contributed by atoms with Gasteiger partial charge in [-0.2, -0.15) is 0 Å². The van der Waals surface area contributed by atoms with Gasteiger partial charge in [-0.25, -0.2) is 9.97 Å². The van der Waals surface area contributed by atoms with Gasteiger partial charge in [0.2, 0.25) is 5.91 Å². The number of anilines is 2. The zero-order valence-corrected chi connectivity index (χ0v) is 19.0. The SMILES string of the molecule is C[C@@H]1CC[C@@H](c2ccc3c(c2)CCC(=O)N3)N(C(=O)c2ccc3nc(N)c4cncn4c3c2)C1. The van der Waals surface area contributed by atoms with Crippen molar-refractivity contribution in [2.45, 2.75) is 38.6 Å². The van der Waals surface area contributed by atoms with Crippen LogP contribution in [0.3, 0.4) is 0 Å². The molecule has 2 aliphatic rings. The van der Waals surface area contributed by atoms with E-state index in [1.807, 2.05) is 39.6 Å².